The quantitative estimate of drug-likeness (QED) is 0.913. The Morgan fingerprint density at radius 3 is 2.83 bits per heavy atom. The summed E-state index contributed by atoms with van der Waals surface area (Å²) < 4.78 is 14.0. The molecule has 2 unspecified atom stereocenters. The van der Waals surface area contributed by atoms with Gasteiger partial charge in [-0.1, -0.05) is 23.7 Å². The van der Waals surface area contributed by atoms with Crippen molar-refractivity contribution < 1.29 is 4.39 Å². The third-order valence-electron chi connectivity index (χ3n) is 4.13. The first-order valence-electron chi connectivity index (χ1n) is 6.60. The van der Waals surface area contributed by atoms with E-state index in [1.165, 1.54) is 12.8 Å². The monoisotopic (exact) mass is 268 g/mol. The lowest BCUT2D eigenvalue weighted by Gasteiger charge is -2.24. The summed E-state index contributed by atoms with van der Waals surface area (Å²) in [5.74, 6) is 0.592. The van der Waals surface area contributed by atoms with Crippen LogP contribution in [0.25, 0.3) is 0 Å². The van der Waals surface area contributed by atoms with Gasteiger partial charge in [-0.05, 0) is 36.8 Å². The van der Waals surface area contributed by atoms with Gasteiger partial charge in [0.25, 0.3) is 0 Å². The first-order valence-corrected chi connectivity index (χ1v) is 6.98. The molecule has 1 heterocycles. The molecule has 1 aromatic carbocycles. The van der Waals surface area contributed by atoms with Gasteiger partial charge in [0.2, 0.25) is 0 Å². The van der Waals surface area contributed by atoms with Crippen molar-refractivity contribution in [3.63, 3.8) is 0 Å². The third kappa shape index (κ3) is 2.27. The van der Waals surface area contributed by atoms with Crippen LogP contribution in [0.4, 0.5) is 4.39 Å². The van der Waals surface area contributed by atoms with Gasteiger partial charge in [0.15, 0.2) is 0 Å². The van der Waals surface area contributed by atoms with Crippen LogP contribution < -0.4 is 5.73 Å². The van der Waals surface area contributed by atoms with Gasteiger partial charge in [-0.2, -0.15) is 0 Å². The van der Waals surface area contributed by atoms with Gasteiger partial charge in [0, 0.05) is 19.0 Å². The Labute approximate surface area is 112 Å². The van der Waals surface area contributed by atoms with E-state index in [4.69, 9.17) is 17.3 Å². The summed E-state index contributed by atoms with van der Waals surface area (Å²) in [6, 6.07) is 5.20. The molecule has 1 saturated carbocycles. The normalized spacial score (nSPS) is 28.8. The topological polar surface area (TPSA) is 29.3 Å². The van der Waals surface area contributed by atoms with E-state index >= 15 is 0 Å². The number of benzene rings is 1. The van der Waals surface area contributed by atoms with Crippen molar-refractivity contribution in [2.75, 3.05) is 13.1 Å². The van der Waals surface area contributed by atoms with Crippen LogP contribution >= 0.6 is 11.6 Å². The van der Waals surface area contributed by atoms with Gasteiger partial charge < -0.3 is 5.73 Å². The largest absolute Gasteiger partial charge is 0.315 e. The minimum atomic E-state index is -0.298. The first kappa shape index (κ1) is 12.4. The molecule has 4 heteroatoms. The molecule has 0 aromatic heterocycles. The van der Waals surface area contributed by atoms with Crippen LogP contribution in [0.15, 0.2) is 18.2 Å². The van der Waals surface area contributed by atoms with Crippen LogP contribution in [0.3, 0.4) is 0 Å². The zero-order chi connectivity index (χ0) is 12.7. The lowest BCUT2D eigenvalue weighted by molar-refractivity contribution is 0.238. The van der Waals surface area contributed by atoms with E-state index in [9.17, 15) is 4.39 Å². The van der Waals surface area contributed by atoms with Crippen molar-refractivity contribution in [1.82, 2.24) is 4.90 Å². The molecule has 2 atom stereocenters. The van der Waals surface area contributed by atoms with Gasteiger partial charge in [-0.3, -0.25) is 4.90 Å². The highest BCUT2D eigenvalue weighted by Gasteiger charge is 2.36. The van der Waals surface area contributed by atoms with Crippen LogP contribution in [0.2, 0.25) is 5.02 Å². The van der Waals surface area contributed by atoms with E-state index in [1.54, 1.807) is 12.1 Å². The predicted molar refractivity (Wildman–Crippen MR) is 71.0 cm³/mol. The second kappa shape index (κ2) is 4.80. The fourth-order valence-electron chi connectivity index (χ4n) is 2.87. The number of rotatable bonds is 3. The molecular weight excluding hydrogens is 251 g/mol. The van der Waals surface area contributed by atoms with Gasteiger partial charge >= 0.3 is 0 Å². The highest BCUT2D eigenvalue weighted by molar-refractivity contribution is 6.30. The molecule has 18 heavy (non-hydrogen) atoms. The van der Waals surface area contributed by atoms with Crippen molar-refractivity contribution in [1.29, 1.82) is 0 Å². The molecule has 2 nitrogen and oxygen atoms in total. The Hall–Kier alpha value is -0.640. The minimum Gasteiger partial charge on any atom is -0.315 e. The average Bonchev–Trinajstić information content (AvgIpc) is 3.09. The van der Waals surface area contributed by atoms with E-state index in [-0.39, 0.29) is 22.9 Å². The fraction of sp³-hybridized carbons (Fsp3) is 0.571. The summed E-state index contributed by atoms with van der Waals surface area (Å²) in [6.45, 7) is 2.04. The van der Waals surface area contributed by atoms with E-state index in [1.807, 2.05) is 6.07 Å². The van der Waals surface area contributed by atoms with Crippen LogP contribution in [-0.4, -0.2) is 24.2 Å². The maximum atomic E-state index is 14.0. The van der Waals surface area contributed by atoms with Crippen molar-refractivity contribution in [3.05, 3.63) is 34.6 Å². The molecule has 2 aliphatic rings. The molecule has 1 aliphatic carbocycles. The summed E-state index contributed by atoms with van der Waals surface area (Å²) in [4.78, 5) is 2.29. The summed E-state index contributed by atoms with van der Waals surface area (Å²) in [6.07, 6.45) is 3.49. The summed E-state index contributed by atoms with van der Waals surface area (Å²) in [7, 11) is 0. The Bertz CT molecular complexity index is 447. The molecule has 0 radical (unpaired) electrons. The Balaban J connectivity index is 1.78. The Morgan fingerprint density at radius 2 is 2.11 bits per heavy atom. The van der Waals surface area contributed by atoms with Gasteiger partial charge in [-0.25, -0.2) is 4.39 Å². The number of likely N-dealkylation sites (tertiary alicyclic amines) is 1. The van der Waals surface area contributed by atoms with Crippen molar-refractivity contribution >= 4 is 11.6 Å². The lowest BCUT2D eigenvalue weighted by Crippen LogP contribution is -2.40. The number of hydrogen-bond acceptors (Lipinski definition) is 2. The van der Waals surface area contributed by atoms with Gasteiger partial charge in [0.05, 0.1) is 11.2 Å². The summed E-state index contributed by atoms with van der Waals surface area (Å²) in [5.41, 5.74) is 6.94. The molecule has 98 valence electrons. The molecule has 1 aliphatic heterocycles. The summed E-state index contributed by atoms with van der Waals surface area (Å²) >= 11 is 5.84. The highest BCUT2D eigenvalue weighted by atomic mass is 35.5. The van der Waals surface area contributed by atoms with Crippen LogP contribution in [0, 0.1) is 11.7 Å². The zero-order valence-corrected chi connectivity index (χ0v) is 11.0. The molecule has 3 rings (SSSR count). The Morgan fingerprint density at radius 1 is 1.33 bits per heavy atom. The third-order valence-corrected chi connectivity index (χ3v) is 4.42. The SMILES string of the molecule is NC1C(c2cccc(Cl)c2F)CCN1CC1CC1. The number of nitrogens with two attached hydrogens (primary N) is 1. The summed E-state index contributed by atoms with van der Waals surface area (Å²) in [5, 5.41) is 0.195. The van der Waals surface area contributed by atoms with Crippen LogP contribution in [0.5, 0.6) is 0 Å². The zero-order valence-electron chi connectivity index (χ0n) is 10.3. The van der Waals surface area contributed by atoms with E-state index in [2.05, 4.69) is 4.90 Å². The lowest BCUT2D eigenvalue weighted by atomic mass is 9.95. The molecule has 1 saturated heterocycles. The smallest absolute Gasteiger partial charge is 0.145 e. The number of nitrogens with zero attached hydrogens (tertiary/aromatic N) is 1. The molecular formula is C14H18ClFN2. The predicted octanol–water partition coefficient (Wildman–Crippen LogP) is 2.96. The van der Waals surface area contributed by atoms with Gasteiger partial charge in [0.1, 0.15) is 5.82 Å². The van der Waals surface area contributed by atoms with Crippen molar-refractivity contribution in [3.8, 4) is 0 Å². The number of halogens is 2. The highest BCUT2D eigenvalue weighted by Crippen LogP contribution is 2.37. The fourth-order valence-corrected chi connectivity index (χ4v) is 3.05. The van der Waals surface area contributed by atoms with Crippen molar-refractivity contribution in [2.24, 2.45) is 11.7 Å². The molecule has 1 aromatic rings. The van der Waals surface area contributed by atoms with Crippen LogP contribution in [0.1, 0.15) is 30.7 Å². The molecule has 0 spiro atoms. The second-order valence-electron chi connectivity index (χ2n) is 5.47. The molecule has 2 fully saturated rings. The minimum absolute atomic E-state index is 0.0708. The second-order valence-corrected chi connectivity index (χ2v) is 5.87. The van der Waals surface area contributed by atoms with E-state index in [0.29, 0.717) is 5.56 Å². The van der Waals surface area contributed by atoms with E-state index < -0.39 is 0 Å². The maximum absolute atomic E-state index is 14.0. The number of hydrogen-bond donors (Lipinski definition) is 1. The molecule has 2 N–H and O–H groups in total. The van der Waals surface area contributed by atoms with Gasteiger partial charge in [-0.15, -0.1) is 0 Å². The van der Waals surface area contributed by atoms with E-state index in [0.717, 1.165) is 25.4 Å². The first-order chi connectivity index (χ1) is 8.66. The average molecular weight is 269 g/mol. The maximum Gasteiger partial charge on any atom is 0.145 e. The van der Waals surface area contributed by atoms with Crippen LogP contribution in [-0.2, 0) is 0 Å². The molecule has 0 amide bonds. The molecule has 0 bridgehead atoms. The van der Waals surface area contributed by atoms with Crippen molar-refractivity contribution in [2.45, 2.75) is 31.3 Å². The Kier molecular flexibility index (Phi) is 3.31. The standard InChI is InChI=1S/C14H18ClFN2/c15-12-3-1-2-10(13(12)16)11-6-7-18(14(11)17)8-9-4-5-9/h1-3,9,11,14H,4-8,17H2.